The molecule has 0 bridgehead atoms. The Morgan fingerprint density at radius 2 is 2.00 bits per heavy atom. The molecule has 1 atom stereocenters. The van der Waals surface area contributed by atoms with Gasteiger partial charge in [0.25, 0.3) is 0 Å². The summed E-state index contributed by atoms with van der Waals surface area (Å²) in [5, 5.41) is 4.43. The maximum Gasteiger partial charge on any atom is 0.327 e. The molecule has 3 aromatic rings. The molecule has 0 spiro atoms. The van der Waals surface area contributed by atoms with Crippen LogP contribution in [0.15, 0.2) is 59.6 Å². The lowest BCUT2D eigenvalue weighted by Crippen LogP contribution is -2.22. The predicted octanol–water partition coefficient (Wildman–Crippen LogP) is 4.99. The molecule has 0 amide bonds. The lowest BCUT2D eigenvalue weighted by molar-refractivity contribution is -0.144. The summed E-state index contributed by atoms with van der Waals surface area (Å²) in [7, 11) is 0. The molecule has 166 valence electrons. The molecule has 6 nitrogen and oxygen atoms in total. The van der Waals surface area contributed by atoms with E-state index >= 15 is 0 Å². The molecule has 1 aromatic heterocycles. The molecule has 1 aliphatic carbocycles. The van der Waals surface area contributed by atoms with Crippen LogP contribution in [0.5, 0.6) is 0 Å². The van der Waals surface area contributed by atoms with E-state index in [1.54, 1.807) is 23.6 Å². The monoisotopic (exact) mass is 449 g/mol. The Bertz CT molecular complexity index is 1110. The average molecular weight is 450 g/mol. The zero-order chi connectivity index (χ0) is 22.5. The topological polar surface area (TPSA) is 73.2 Å². The fourth-order valence-electron chi connectivity index (χ4n) is 3.98. The maximum atomic E-state index is 11.9. The summed E-state index contributed by atoms with van der Waals surface area (Å²) in [6.07, 6.45) is 4.87. The number of ether oxygens (including phenoxy) is 1. The minimum absolute atomic E-state index is 0.0701. The second-order valence-corrected chi connectivity index (χ2v) is 8.75. The second-order valence-electron chi connectivity index (χ2n) is 7.84. The minimum atomic E-state index is -0.253. The Hall–Kier alpha value is -2.90. The molecule has 1 unspecified atom stereocenters. The van der Waals surface area contributed by atoms with Gasteiger partial charge < -0.3 is 4.74 Å². The number of nitrogens with zero attached hydrogens (tertiary/aromatic N) is 2. The van der Waals surface area contributed by atoms with Gasteiger partial charge in [-0.1, -0.05) is 30.3 Å². The van der Waals surface area contributed by atoms with Gasteiger partial charge in [-0.15, -0.1) is 0 Å². The van der Waals surface area contributed by atoms with Crippen molar-refractivity contribution in [2.75, 3.05) is 6.61 Å². The first-order valence-corrected chi connectivity index (χ1v) is 11.7. The predicted molar refractivity (Wildman–Crippen MR) is 125 cm³/mol. The number of Topliss-reactive ketones (excluding diaryl/α,β-unsaturated/α-hetero) is 1. The highest BCUT2D eigenvalue weighted by Gasteiger charge is 2.25. The smallest absolute Gasteiger partial charge is 0.327 e. The first-order valence-electron chi connectivity index (χ1n) is 10.9. The lowest BCUT2D eigenvalue weighted by atomic mass is 9.94. The van der Waals surface area contributed by atoms with E-state index in [1.807, 2.05) is 37.4 Å². The van der Waals surface area contributed by atoms with Crippen LogP contribution in [-0.4, -0.2) is 28.1 Å². The van der Waals surface area contributed by atoms with Crippen LogP contribution in [-0.2, 0) is 22.5 Å². The first-order chi connectivity index (χ1) is 15.5. The number of nitrogens with one attached hydrogen (secondary N) is 1. The molecule has 0 saturated heterocycles. The third-order valence-corrected chi connectivity index (χ3v) is 6.53. The molecule has 0 saturated carbocycles. The SMILES string of the molecule is CCOC(=O)Cn1ncc2c1CCCC2NSc1ccc(-c2cccc(C(C)=O)c2)cc1. The zero-order valence-corrected chi connectivity index (χ0v) is 19.2. The fraction of sp³-hybridized carbons (Fsp3) is 0.320. The van der Waals surface area contributed by atoms with E-state index in [1.165, 1.54) is 0 Å². The third kappa shape index (κ3) is 5.11. The van der Waals surface area contributed by atoms with Crippen molar-refractivity contribution in [1.82, 2.24) is 14.5 Å². The second kappa shape index (κ2) is 10.1. The fourth-order valence-corrected chi connectivity index (χ4v) is 4.77. The van der Waals surface area contributed by atoms with Crippen molar-refractivity contribution in [2.24, 2.45) is 0 Å². The van der Waals surface area contributed by atoms with E-state index in [9.17, 15) is 9.59 Å². The van der Waals surface area contributed by atoms with Crippen molar-refractivity contribution < 1.29 is 14.3 Å². The van der Waals surface area contributed by atoms with Gasteiger partial charge in [-0.25, -0.2) is 0 Å². The van der Waals surface area contributed by atoms with Crippen LogP contribution < -0.4 is 4.72 Å². The molecule has 1 N–H and O–H groups in total. The van der Waals surface area contributed by atoms with Gasteiger partial charge in [-0.2, -0.15) is 5.10 Å². The number of ketones is 1. The number of benzene rings is 2. The highest BCUT2D eigenvalue weighted by atomic mass is 32.2. The van der Waals surface area contributed by atoms with Gasteiger partial charge in [0.15, 0.2) is 5.78 Å². The number of aromatic nitrogens is 2. The molecule has 32 heavy (non-hydrogen) atoms. The third-order valence-electron chi connectivity index (χ3n) is 5.62. The molecule has 2 aromatic carbocycles. The number of carbonyl (C=O) groups excluding carboxylic acids is 2. The summed E-state index contributed by atoms with van der Waals surface area (Å²) in [5.41, 5.74) is 5.11. The molecule has 1 heterocycles. The van der Waals surface area contributed by atoms with Gasteiger partial charge in [-0.3, -0.25) is 19.0 Å². The van der Waals surface area contributed by atoms with Crippen molar-refractivity contribution in [3.63, 3.8) is 0 Å². The Morgan fingerprint density at radius 1 is 1.19 bits per heavy atom. The molecular weight excluding hydrogens is 422 g/mol. The number of esters is 1. The summed E-state index contributed by atoms with van der Waals surface area (Å²) in [4.78, 5) is 24.6. The van der Waals surface area contributed by atoms with Crippen LogP contribution in [0.25, 0.3) is 11.1 Å². The van der Waals surface area contributed by atoms with E-state index < -0.39 is 0 Å². The van der Waals surface area contributed by atoms with Crippen LogP contribution in [0.1, 0.15) is 54.3 Å². The molecule has 4 rings (SSSR count). The average Bonchev–Trinajstić information content (AvgIpc) is 3.21. The Morgan fingerprint density at radius 3 is 2.75 bits per heavy atom. The van der Waals surface area contributed by atoms with E-state index in [4.69, 9.17) is 4.74 Å². The maximum absolute atomic E-state index is 11.9. The first kappa shape index (κ1) is 22.3. The molecule has 0 radical (unpaired) electrons. The largest absolute Gasteiger partial charge is 0.465 e. The van der Waals surface area contributed by atoms with Crippen molar-refractivity contribution >= 4 is 23.7 Å². The van der Waals surface area contributed by atoms with E-state index in [0.717, 1.165) is 52.1 Å². The van der Waals surface area contributed by atoms with Gasteiger partial charge in [0, 0.05) is 27.8 Å². The summed E-state index contributed by atoms with van der Waals surface area (Å²) >= 11 is 1.60. The van der Waals surface area contributed by atoms with Crippen LogP contribution in [0, 0.1) is 0 Å². The standard InChI is InChI=1S/C25H27N3O3S/c1-3-31-25(30)16-28-24-9-5-8-23(22(24)15-26-28)27-32-21-12-10-18(11-13-21)20-7-4-6-19(14-20)17(2)29/h4,6-7,10-15,23,27H,3,5,8-9,16H2,1-2H3. The summed E-state index contributed by atoms with van der Waals surface area (Å²) in [6, 6.07) is 16.2. The van der Waals surface area contributed by atoms with Crippen molar-refractivity contribution in [3.05, 3.63) is 71.5 Å². The van der Waals surface area contributed by atoms with Crippen molar-refractivity contribution in [2.45, 2.75) is 50.6 Å². The number of hydrogen-bond acceptors (Lipinski definition) is 6. The van der Waals surface area contributed by atoms with Crippen LogP contribution >= 0.6 is 11.9 Å². The molecule has 0 aliphatic heterocycles. The van der Waals surface area contributed by atoms with Crippen molar-refractivity contribution in [1.29, 1.82) is 0 Å². The number of fused-ring (bicyclic) bond motifs is 1. The Labute approximate surface area is 192 Å². The van der Waals surface area contributed by atoms with Gasteiger partial charge in [-0.05, 0) is 74.4 Å². The van der Waals surface area contributed by atoms with E-state index in [-0.39, 0.29) is 24.3 Å². The van der Waals surface area contributed by atoms with Crippen LogP contribution in [0.2, 0.25) is 0 Å². The summed E-state index contributed by atoms with van der Waals surface area (Å²) in [6.45, 7) is 3.94. The lowest BCUT2D eigenvalue weighted by Gasteiger charge is -2.23. The molecular formula is C25H27N3O3S. The Balaban J connectivity index is 1.41. The number of hydrogen-bond donors (Lipinski definition) is 1. The van der Waals surface area contributed by atoms with Gasteiger partial charge in [0.1, 0.15) is 6.54 Å². The Kier molecular flexibility index (Phi) is 7.07. The number of rotatable bonds is 8. The van der Waals surface area contributed by atoms with Crippen LogP contribution in [0.4, 0.5) is 0 Å². The van der Waals surface area contributed by atoms with E-state index in [0.29, 0.717) is 6.61 Å². The molecule has 1 aliphatic rings. The molecule has 0 fully saturated rings. The summed E-state index contributed by atoms with van der Waals surface area (Å²) in [5.74, 6) is -0.183. The summed E-state index contributed by atoms with van der Waals surface area (Å²) < 4.78 is 10.4. The highest BCUT2D eigenvalue weighted by molar-refractivity contribution is 7.97. The minimum Gasteiger partial charge on any atom is -0.465 e. The molecule has 7 heteroatoms. The zero-order valence-electron chi connectivity index (χ0n) is 18.3. The van der Waals surface area contributed by atoms with Crippen molar-refractivity contribution in [3.8, 4) is 11.1 Å². The van der Waals surface area contributed by atoms with Gasteiger partial charge in [0.2, 0.25) is 0 Å². The van der Waals surface area contributed by atoms with Gasteiger partial charge >= 0.3 is 5.97 Å². The quantitative estimate of drug-likeness (QED) is 0.297. The number of carbonyl (C=O) groups is 2. The van der Waals surface area contributed by atoms with Crippen LogP contribution in [0.3, 0.4) is 0 Å². The van der Waals surface area contributed by atoms with Gasteiger partial charge in [0.05, 0.1) is 12.8 Å². The highest BCUT2D eigenvalue weighted by Crippen LogP contribution is 2.33. The normalized spacial score (nSPS) is 15.2. The van der Waals surface area contributed by atoms with E-state index in [2.05, 4.69) is 34.1 Å².